The number of anilines is 2. The molecular formula is C24H28FN5O3. The first kappa shape index (κ1) is 23.8. The third kappa shape index (κ3) is 5.88. The molecule has 3 N–H and O–H groups in total. The highest BCUT2D eigenvalue weighted by Crippen LogP contribution is 2.38. The van der Waals surface area contributed by atoms with Gasteiger partial charge in [-0.15, -0.1) is 0 Å². The number of ether oxygens (including phenoxy) is 3. The Hall–Kier alpha value is -3.88. The van der Waals surface area contributed by atoms with E-state index in [9.17, 15) is 0 Å². The fourth-order valence-electron chi connectivity index (χ4n) is 3.21. The molecule has 0 saturated heterocycles. The number of amidine groups is 1. The fraction of sp³-hybridized carbons (Fsp3) is 0.292. The van der Waals surface area contributed by atoms with E-state index in [0.717, 1.165) is 0 Å². The minimum Gasteiger partial charge on any atom is -0.494 e. The van der Waals surface area contributed by atoms with Crippen LogP contribution in [-0.4, -0.2) is 35.6 Å². The molecule has 2 aromatic carbocycles. The first-order valence-corrected chi connectivity index (χ1v) is 10.5. The Balaban J connectivity index is 2.15. The molecule has 33 heavy (non-hydrogen) atoms. The molecule has 0 amide bonds. The summed E-state index contributed by atoms with van der Waals surface area (Å²) >= 11 is 0. The molecular weight excluding hydrogens is 425 g/mol. The Bertz CT molecular complexity index is 1110. The van der Waals surface area contributed by atoms with Gasteiger partial charge in [0.2, 0.25) is 0 Å². The van der Waals surface area contributed by atoms with Crippen LogP contribution in [0.1, 0.15) is 32.0 Å². The maximum absolute atomic E-state index is 15.7. The smallest absolute Gasteiger partial charge is 0.316 e. The second-order valence-corrected chi connectivity index (χ2v) is 7.44. The van der Waals surface area contributed by atoms with Gasteiger partial charge in [-0.25, -0.2) is 9.37 Å². The number of rotatable bonds is 10. The molecule has 3 aromatic rings. The molecule has 9 heteroatoms. The quantitative estimate of drug-likeness (QED) is 0.345. The van der Waals surface area contributed by atoms with Crippen molar-refractivity contribution in [1.29, 1.82) is 5.41 Å². The molecule has 1 aromatic heterocycles. The van der Waals surface area contributed by atoms with Crippen molar-refractivity contribution in [2.24, 2.45) is 5.73 Å². The molecule has 0 saturated carbocycles. The predicted octanol–water partition coefficient (Wildman–Crippen LogP) is 4.43. The highest BCUT2D eigenvalue weighted by molar-refractivity contribution is 5.95. The highest BCUT2D eigenvalue weighted by atomic mass is 19.1. The van der Waals surface area contributed by atoms with Crippen LogP contribution in [-0.2, 0) is 6.54 Å². The minimum atomic E-state index is -0.524. The molecule has 0 atom stereocenters. The van der Waals surface area contributed by atoms with E-state index < -0.39 is 5.82 Å². The van der Waals surface area contributed by atoms with E-state index in [4.69, 9.17) is 25.4 Å². The van der Waals surface area contributed by atoms with Gasteiger partial charge in [0.25, 0.3) is 0 Å². The van der Waals surface area contributed by atoms with Gasteiger partial charge >= 0.3 is 6.01 Å². The Labute approximate surface area is 192 Å². The number of halogens is 1. The van der Waals surface area contributed by atoms with E-state index in [0.29, 0.717) is 29.3 Å². The van der Waals surface area contributed by atoms with Crippen molar-refractivity contribution >= 4 is 17.2 Å². The van der Waals surface area contributed by atoms with Gasteiger partial charge in [-0.1, -0.05) is 0 Å². The van der Waals surface area contributed by atoms with Gasteiger partial charge < -0.3 is 24.8 Å². The average Bonchev–Trinajstić information content (AvgIpc) is 2.79. The summed E-state index contributed by atoms with van der Waals surface area (Å²) in [6, 6.07) is 12.1. The lowest BCUT2D eigenvalue weighted by Gasteiger charge is -2.27. The number of methoxy groups -OCH3 is 1. The van der Waals surface area contributed by atoms with Gasteiger partial charge in [0.05, 0.1) is 37.7 Å². The van der Waals surface area contributed by atoms with E-state index in [-0.39, 0.29) is 35.9 Å². The Morgan fingerprint density at radius 2 is 1.91 bits per heavy atom. The van der Waals surface area contributed by atoms with Crippen LogP contribution < -0.4 is 24.8 Å². The Morgan fingerprint density at radius 3 is 2.52 bits per heavy atom. The average molecular weight is 454 g/mol. The summed E-state index contributed by atoms with van der Waals surface area (Å²) in [5.41, 5.74) is 7.70. The van der Waals surface area contributed by atoms with Crippen molar-refractivity contribution in [1.82, 2.24) is 9.97 Å². The number of aromatic nitrogens is 2. The molecule has 0 aliphatic carbocycles. The van der Waals surface area contributed by atoms with Gasteiger partial charge in [-0.05, 0) is 51.1 Å². The summed E-state index contributed by atoms with van der Waals surface area (Å²) < 4.78 is 32.3. The van der Waals surface area contributed by atoms with Crippen LogP contribution >= 0.6 is 0 Å². The Morgan fingerprint density at radius 1 is 1.18 bits per heavy atom. The number of nitrogen functional groups attached to an aromatic ring is 1. The Kier molecular flexibility index (Phi) is 7.66. The van der Waals surface area contributed by atoms with E-state index in [1.165, 1.54) is 7.11 Å². The number of nitrogens with zero attached hydrogens (tertiary/aromatic N) is 3. The summed E-state index contributed by atoms with van der Waals surface area (Å²) in [5, 5.41) is 7.64. The van der Waals surface area contributed by atoms with Crippen molar-refractivity contribution < 1.29 is 18.6 Å². The molecule has 0 bridgehead atoms. The minimum absolute atomic E-state index is 0.0502. The van der Waals surface area contributed by atoms with Crippen LogP contribution in [0.3, 0.4) is 0 Å². The number of nitrogens with two attached hydrogens (primary N) is 1. The summed E-state index contributed by atoms with van der Waals surface area (Å²) in [5.74, 6) is 0.00125. The second-order valence-electron chi connectivity index (χ2n) is 7.44. The molecule has 0 aliphatic rings. The number of benzene rings is 2. The maximum atomic E-state index is 15.7. The summed E-state index contributed by atoms with van der Waals surface area (Å²) in [4.78, 5) is 10.2. The summed E-state index contributed by atoms with van der Waals surface area (Å²) in [6.45, 7) is 6.15. The molecule has 174 valence electrons. The second kappa shape index (κ2) is 10.6. The third-order valence-corrected chi connectivity index (χ3v) is 4.64. The van der Waals surface area contributed by atoms with Crippen molar-refractivity contribution in [3.05, 3.63) is 65.7 Å². The monoisotopic (exact) mass is 453 g/mol. The van der Waals surface area contributed by atoms with Crippen LogP contribution in [0.25, 0.3) is 0 Å². The first-order valence-electron chi connectivity index (χ1n) is 10.5. The predicted molar refractivity (Wildman–Crippen MR) is 125 cm³/mol. The number of hydrogen-bond donors (Lipinski definition) is 2. The van der Waals surface area contributed by atoms with Crippen molar-refractivity contribution in [3.63, 3.8) is 0 Å². The zero-order valence-electron chi connectivity index (χ0n) is 19.1. The molecule has 0 spiro atoms. The number of nitrogens with one attached hydrogen (secondary N) is 1. The van der Waals surface area contributed by atoms with E-state index >= 15 is 4.39 Å². The normalized spacial score (nSPS) is 10.7. The zero-order chi connectivity index (χ0) is 24.0. The summed E-state index contributed by atoms with van der Waals surface area (Å²) in [6.07, 6.45) is 1.36. The lowest BCUT2D eigenvalue weighted by molar-refractivity contribution is 0.229. The molecule has 0 aliphatic heterocycles. The van der Waals surface area contributed by atoms with Gasteiger partial charge in [-0.2, -0.15) is 4.98 Å². The third-order valence-electron chi connectivity index (χ3n) is 4.64. The lowest BCUT2D eigenvalue weighted by atomic mass is 10.1. The van der Waals surface area contributed by atoms with Crippen molar-refractivity contribution in [2.75, 3.05) is 18.6 Å². The van der Waals surface area contributed by atoms with E-state index in [1.807, 2.05) is 20.8 Å². The standard InChI is InChI=1S/C24H28FN5O3/c1-5-32-19-12-20(22(25)21(13-19)33-15(2)3)30(14-17-10-11-28-24(29-17)31-4)18-8-6-16(7-9-18)23(26)27/h6-13,15H,5,14H2,1-4H3,(H3,26,27). The van der Waals surface area contributed by atoms with Gasteiger partial charge in [0, 0.05) is 29.6 Å². The largest absolute Gasteiger partial charge is 0.494 e. The van der Waals surface area contributed by atoms with Crippen LogP contribution in [0.4, 0.5) is 15.8 Å². The van der Waals surface area contributed by atoms with Crippen LogP contribution in [0, 0.1) is 11.2 Å². The molecule has 0 unspecified atom stereocenters. The van der Waals surface area contributed by atoms with Crippen LogP contribution in [0.15, 0.2) is 48.7 Å². The SMILES string of the molecule is CCOc1cc(OC(C)C)c(F)c(N(Cc2ccnc(OC)n2)c2ccc(C(=N)N)cc2)c1. The van der Waals surface area contributed by atoms with Crippen molar-refractivity contribution in [2.45, 2.75) is 33.4 Å². The van der Waals surface area contributed by atoms with Gasteiger partial charge in [0.1, 0.15) is 11.6 Å². The van der Waals surface area contributed by atoms with Crippen LogP contribution in [0.2, 0.25) is 0 Å². The summed E-state index contributed by atoms with van der Waals surface area (Å²) in [7, 11) is 1.48. The zero-order valence-corrected chi connectivity index (χ0v) is 19.1. The van der Waals surface area contributed by atoms with E-state index in [2.05, 4.69) is 9.97 Å². The topological polar surface area (TPSA) is 107 Å². The van der Waals surface area contributed by atoms with Crippen molar-refractivity contribution in [3.8, 4) is 17.5 Å². The maximum Gasteiger partial charge on any atom is 0.316 e. The number of hydrogen-bond acceptors (Lipinski definition) is 7. The van der Waals surface area contributed by atoms with E-state index in [1.54, 1.807) is 53.6 Å². The molecule has 1 heterocycles. The molecule has 3 rings (SSSR count). The van der Waals surface area contributed by atoms with Gasteiger partial charge in [0.15, 0.2) is 11.6 Å². The first-order chi connectivity index (χ1) is 15.8. The fourth-order valence-corrected chi connectivity index (χ4v) is 3.21. The molecule has 0 radical (unpaired) electrons. The lowest BCUT2D eigenvalue weighted by Crippen LogP contribution is -2.20. The molecule has 0 fully saturated rings. The molecule has 8 nitrogen and oxygen atoms in total. The van der Waals surface area contributed by atoms with Gasteiger partial charge in [-0.3, -0.25) is 5.41 Å². The highest BCUT2D eigenvalue weighted by Gasteiger charge is 2.22. The van der Waals surface area contributed by atoms with Crippen LogP contribution in [0.5, 0.6) is 17.5 Å².